The van der Waals surface area contributed by atoms with Crippen LogP contribution in [0.4, 0.5) is 0 Å². The van der Waals surface area contributed by atoms with Gasteiger partial charge < -0.3 is 5.32 Å². The van der Waals surface area contributed by atoms with Crippen molar-refractivity contribution in [2.75, 3.05) is 0 Å². The second-order valence-electron chi connectivity index (χ2n) is 6.41. The molecule has 3 atom stereocenters. The number of nitriles is 1. The van der Waals surface area contributed by atoms with Gasteiger partial charge in [0.1, 0.15) is 0 Å². The lowest BCUT2D eigenvalue weighted by atomic mass is 9.99. The molecule has 2 fully saturated rings. The first kappa shape index (κ1) is 15.4. The van der Waals surface area contributed by atoms with Crippen molar-refractivity contribution in [1.82, 2.24) is 5.32 Å². The van der Waals surface area contributed by atoms with Crippen molar-refractivity contribution in [1.29, 1.82) is 5.26 Å². The normalized spacial score (nSPS) is 26.5. The lowest BCUT2D eigenvalue weighted by molar-refractivity contribution is 0.0927. The number of carbonyl (C=O) groups is 1. The van der Waals surface area contributed by atoms with Crippen molar-refractivity contribution in [3.8, 4) is 6.07 Å². The van der Waals surface area contributed by atoms with Crippen molar-refractivity contribution >= 4 is 5.91 Å². The summed E-state index contributed by atoms with van der Waals surface area (Å²) in [5, 5.41) is 15.8. The number of azide groups is 1. The molecule has 2 aliphatic carbocycles. The third-order valence-corrected chi connectivity index (χ3v) is 5.20. The van der Waals surface area contributed by atoms with Crippen LogP contribution in [0.25, 0.3) is 10.4 Å². The molecule has 0 saturated heterocycles. The largest absolute Gasteiger partial charge is 0.349 e. The smallest absolute Gasteiger partial charge is 0.251 e. The second kappa shape index (κ2) is 6.31. The summed E-state index contributed by atoms with van der Waals surface area (Å²) in [6.07, 6.45) is 2.79. The highest BCUT2D eigenvalue weighted by Crippen LogP contribution is 2.60. The quantitative estimate of drug-likeness (QED) is 0.512. The van der Waals surface area contributed by atoms with Crippen molar-refractivity contribution in [2.24, 2.45) is 22.9 Å². The molecule has 0 spiro atoms. The van der Waals surface area contributed by atoms with E-state index in [0.717, 1.165) is 19.3 Å². The molecule has 6 heteroatoms. The van der Waals surface area contributed by atoms with Gasteiger partial charge in [0.05, 0.1) is 11.6 Å². The average Bonchev–Trinajstić information content (AvgIpc) is 3.07. The molecule has 0 bridgehead atoms. The van der Waals surface area contributed by atoms with Crippen LogP contribution in [0.1, 0.15) is 42.1 Å². The molecule has 1 aromatic rings. The minimum atomic E-state index is -0.0853. The zero-order chi connectivity index (χ0) is 16.4. The van der Waals surface area contributed by atoms with Crippen molar-refractivity contribution in [3.05, 3.63) is 45.8 Å². The van der Waals surface area contributed by atoms with E-state index in [1.54, 1.807) is 24.3 Å². The molecule has 2 saturated carbocycles. The molecule has 3 rings (SSSR count). The van der Waals surface area contributed by atoms with Crippen LogP contribution in [0.5, 0.6) is 0 Å². The van der Waals surface area contributed by atoms with Crippen LogP contribution < -0.4 is 5.32 Å². The fourth-order valence-electron chi connectivity index (χ4n) is 4.05. The Morgan fingerprint density at radius 1 is 1.43 bits per heavy atom. The van der Waals surface area contributed by atoms with E-state index in [2.05, 4.69) is 22.3 Å². The molecule has 0 aromatic heterocycles. The maximum atomic E-state index is 12.4. The molecule has 23 heavy (non-hydrogen) atoms. The summed E-state index contributed by atoms with van der Waals surface area (Å²) in [5.74, 6) is 1.58. The molecule has 1 N–H and O–H groups in total. The van der Waals surface area contributed by atoms with Gasteiger partial charge in [-0.05, 0) is 66.8 Å². The molecule has 1 amide bonds. The van der Waals surface area contributed by atoms with Crippen molar-refractivity contribution in [3.63, 3.8) is 0 Å². The number of amides is 1. The second-order valence-corrected chi connectivity index (χ2v) is 6.41. The molecule has 0 unspecified atom stereocenters. The van der Waals surface area contributed by atoms with E-state index in [0.29, 0.717) is 28.9 Å². The van der Waals surface area contributed by atoms with Gasteiger partial charge in [-0.3, -0.25) is 4.79 Å². The van der Waals surface area contributed by atoms with Crippen molar-refractivity contribution < 1.29 is 4.79 Å². The lowest BCUT2D eigenvalue weighted by Crippen LogP contribution is -2.37. The Hall–Kier alpha value is -2.51. The molecule has 0 aliphatic heterocycles. The number of rotatable bonds is 5. The van der Waals surface area contributed by atoms with Crippen LogP contribution in [0.15, 0.2) is 29.4 Å². The van der Waals surface area contributed by atoms with Crippen molar-refractivity contribution in [2.45, 2.75) is 38.3 Å². The third-order valence-electron chi connectivity index (χ3n) is 5.20. The molecule has 118 valence electrons. The molecular weight excluding hydrogens is 290 g/mol. The first-order valence-corrected chi connectivity index (χ1v) is 8.03. The van der Waals surface area contributed by atoms with Gasteiger partial charge in [-0.2, -0.15) is 5.26 Å². The Balaban J connectivity index is 1.59. The summed E-state index contributed by atoms with van der Waals surface area (Å²) in [6, 6.07) is 9.04. The fraction of sp³-hybridized carbons (Fsp3) is 0.529. The zero-order valence-electron chi connectivity index (χ0n) is 13.0. The highest BCUT2D eigenvalue weighted by atomic mass is 16.1. The van der Waals surface area contributed by atoms with Gasteiger partial charge in [-0.25, -0.2) is 0 Å². The summed E-state index contributed by atoms with van der Waals surface area (Å²) in [6.45, 7) is 2.09. The number of nitrogens with zero attached hydrogens (tertiary/aromatic N) is 4. The molecule has 2 aliphatic rings. The molecule has 0 radical (unpaired) electrons. The minimum absolute atomic E-state index is 0.0853. The number of hydrogen-bond acceptors (Lipinski definition) is 3. The van der Waals surface area contributed by atoms with E-state index in [9.17, 15) is 4.79 Å². The Morgan fingerprint density at radius 3 is 2.61 bits per heavy atom. The topological polar surface area (TPSA) is 102 Å². The summed E-state index contributed by atoms with van der Waals surface area (Å²) in [4.78, 5) is 15.3. The number of nitrogens with one attached hydrogen (secondary N) is 1. The maximum Gasteiger partial charge on any atom is 0.251 e. The third kappa shape index (κ3) is 3.01. The SMILES string of the molecule is CC[C@@H](NC(=O)c1ccc(C#N)cc1)C1[C@@H]2CC(N=[N+]=[N-])C[C@@H]12. The Bertz CT molecular complexity index is 674. The average molecular weight is 309 g/mol. The molecule has 0 heterocycles. The van der Waals surface area contributed by atoms with Gasteiger partial charge in [-0.1, -0.05) is 12.0 Å². The van der Waals surface area contributed by atoms with E-state index in [-0.39, 0.29) is 18.0 Å². The summed E-state index contributed by atoms with van der Waals surface area (Å²) >= 11 is 0. The highest BCUT2D eigenvalue weighted by Gasteiger charge is 2.58. The zero-order valence-corrected chi connectivity index (χ0v) is 13.0. The van der Waals surface area contributed by atoms with E-state index >= 15 is 0 Å². The van der Waals surface area contributed by atoms with Crippen LogP contribution >= 0.6 is 0 Å². The molecule has 6 nitrogen and oxygen atoms in total. The predicted molar refractivity (Wildman–Crippen MR) is 85.3 cm³/mol. The van der Waals surface area contributed by atoms with Crippen LogP contribution in [-0.4, -0.2) is 18.0 Å². The van der Waals surface area contributed by atoms with Gasteiger partial charge in [0, 0.05) is 22.6 Å². The van der Waals surface area contributed by atoms with Gasteiger partial charge in [0.2, 0.25) is 0 Å². The van der Waals surface area contributed by atoms with Gasteiger partial charge in [0.25, 0.3) is 5.91 Å². The van der Waals surface area contributed by atoms with E-state index in [1.807, 2.05) is 6.07 Å². The number of hydrogen-bond donors (Lipinski definition) is 1. The van der Waals surface area contributed by atoms with E-state index < -0.39 is 0 Å². The summed E-state index contributed by atoms with van der Waals surface area (Å²) < 4.78 is 0. The first-order chi connectivity index (χ1) is 11.2. The molecule has 1 aromatic carbocycles. The van der Waals surface area contributed by atoms with E-state index in [4.69, 9.17) is 10.8 Å². The molecular formula is C17H19N5O. The lowest BCUT2D eigenvalue weighted by Gasteiger charge is -2.20. The van der Waals surface area contributed by atoms with Crippen LogP contribution in [0, 0.1) is 29.1 Å². The summed E-state index contributed by atoms with van der Waals surface area (Å²) in [7, 11) is 0. The van der Waals surface area contributed by atoms with Gasteiger partial charge in [0.15, 0.2) is 0 Å². The fourth-order valence-corrected chi connectivity index (χ4v) is 4.05. The predicted octanol–water partition coefficient (Wildman–Crippen LogP) is 3.40. The Morgan fingerprint density at radius 2 is 2.09 bits per heavy atom. The number of fused-ring (bicyclic) bond motifs is 1. The number of benzene rings is 1. The highest BCUT2D eigenvalue weighted by molar-refractivity contribution is 5.94. The number of carbonyl (C=O) groups excluding carboxylic acids is 1. The first-order valence-electron chi connectivity index (χ1n) is 8.03. The summed E-state index contributed by atoms with van der Waals surface area (Å²) in [5.41, 5.74) is 9.65. The Kier molecular flexibility index (Phi) is 4.22. The maximum absolute atomic E-state index is 12.4. The minimum Gasteiger partial charge on any atom is -0.349 e. The monoisotopic (exact) mass is 309 g/mol. The van der Waals surface area contributed by atoms with Crippen LogP contribution in [0.2, 0.25) is 0 Å². The van der Waals surface area contributed by atoms with Gasteiger partial charge in [-0.15, -0.1) is 0 Å². The van der Waals surface area contributed by atoms with Crippen LogP contribution in [0.3, 0.4) is 0 Å². The standard InChI is InChI=1S/C17H19N5O/c1-2-15(16-13-7-12(21-22-19)8-14(13)16)20-17(23)11-5-3-10(9-18)4-6-11/h3-6,12-16H,2,7-8H2,1H3,(H,20,23)/t12?,13-,14-,15-,16?/m1/s1. The van der Waals surface area contributed by atoms with Gasteiger partial charge >= 0.3 is 0 Å². The van der Waals surface area contributed by atoms with E-state index in [1.165, 1.54) is 0 Å². The van der Waals surface area contributed by atoms with Crippen LogP contribution in [-0.2, 0) is 0 Å². The Labute approximate surface area is 135 Å².